The molecule has 1 aromatic carbocycles. The van der Waals surface area contributed by atoms with Crippen molar-refractivity contribution < 1.29 is 14.0 Å². The molecule has 2 aromatic rings. The van der Waals surface area contributed by atoms with E-state index in [4.69, 9.17) is 14.0 Å². The van der Waals surface area contributed by atoms with Crippen LogP contribution in [0.2, 0.25) is 0 Å². The fraction of sp³-hybridized carbons (Fsp3) is 0.579. The Balaban J connectivity index is 1.27. The van der Waals surface area contributed by atoms with E-state index in [1.165, 1.54) is 38.6 Å². The topological polar surface area (TPSA) is 60.6 Å². The van der Waals surface area contributed by atoms with Crippen LogP contribution >= 0.6 is 0 Å². The van der Waals surface area contributed by atoms with E-state index in [9.17, 15) is 0 Å². The number of rotatable bonds is 3. The molecule has 0 radical (unpaired) electrons. The van der Waals surface area contributed by atoms with Gasteiger partial charge >= 0.3 is 0 Å². The maximum Gasteiger partial charge on any atom is 0.241 e. The van der Waals surface area contributed by atoms with Gasteiger partial charge in [0.15, 0.2) is 11.5 Å². The molecule has 3 heterocycles. The lowest BCUT2D eigenvalue weighted by molar-refractivity contribution is 0.0747. The van der Waals surface area contributed by atoms with E-state index in [0.29, 0.717) is 11.7 Å². The van der Waals surface area contributed by atoms with Crippen molar-refractivity contribution in [1.29, 1.82) is 0 Å². The number of likely N-dealkylation sites (tertiary alicyclic amines) is 1. The van der Waals surface area contributed by atoms with Crippen molar-refractivity contribution in [2.24, 2.45) is 11.8 Å². The summed E-state index contributed by atoms with van der Waals surface area (Å²) >= 11 is 0. The lowest BCUT2D eigenvalue weighted by Crippen LogP contribution is -2.41. The summed E-state index contributed by atoms with van der Waals surface area (Å²) in [7, 11) is 0. The number of hydrogen-bond donors (Lipinski definition) is 0. The van der Waals surface area contributed by atoms with Gasteiger partial charge in [0.25, 0.3) is 0 Å². The molecule has 2 atom stereocenters. The Hall–Kier alpha value is -2.08. The van der Waals surface area contributed by atoms with Gasteiger partial charge in [0.2, 0.25) is 18.5 Å². The molecule has 25 heavy (non-hydrogen) atoms. The van der Waals surface area contributed by atoms with Gasteiger partial charge in [-0.25, -0.2) is 0 Å². The van der Waals surface area contributed by atoms with Crippen LogP contribution in [0.1, 0.15) is 38.0 Å². The maximum absolute atomic E-state index is 5.50. The summed E-state index contributed by atoms with van der Waals surface area (Å²) in [5.41, 5.74) is 0.894. The van der Waals surface area contributed by atoms with E-state index in [0.717, 1.165) is 42.0 Å². The molecule has 0 N–H and O–H groups in total. The molecule has 132 valence electrons. The Morgan fingerprint density at radius 2 is 1.92 bits per heavy atom. The van der Waals surface area contributed by atoms with Gasteiger partial charge in [0.05, 0.1) is 6.54 Å². The highest BCUT2D eigenvalue weighted by Crippen LogP contribution is 2.37. The summed E-state index contributed by atoms with van der Waals surface area (Å²) in [6.45, 7) is 3.34. The summed E-state index contributed by atoms with van der Waals surface area (Å²) in [6, 6.07) is 5.74. The number of hydrogen-bond acceptors (Lipinski definition) is 6. The zero-order valence-electron chi connectivity index (χ0n) is 14.3. The van der Waals surface area contributed by atoms with Crippen LogP contribution in [-0.4, -0.2) is 34.9 Å². The van der Waals surface area contributed by atoms with E-state index in [-0.39, 0.29) is 6.79 Å². The summed E-state index contributed by atoms with van der Waals surface area (Å²) in [6.07, 6.45) is 6.93. The van der Waals surface area contributed by atoms with Gasteiger partial charge in [-0.3, -0.25) is 4.90 Å². The Morgan fingerprint density at radius 1 is 1.04 bits per heavy atom. The number of nitrogens with zero attached hydrogens (tertiary/aromatic N) is 3. The molecule has 0 unspecified atom stereocenters. The first kappa shape index (κ1) is 15.2. The summed E-state index contributed by atoms with van der Waals surface area (Å²) in [4.78, 5) is 7.06. The SMILES string of the molecule is c1cc2c(cc1-c1noc(CN3CC[C@@H]4CCCC[C@H]4C3)n1)OCO2. The number of piperidine rings is 1. The zero-order chi connectivity index (χ0) is 16.6. The van der Waals surface area contributed by atoms with Crippen molar-refractivity contribution in [2.45, 2.75) is 38.6 Å². The highest BCUT2D eigenvalue weighted by molar-refractivity contribution is 5.61. The molecule has 0 spiro atoms. The van der Waals surface area contributed by atoms with Crippen LogP contribution in [0, 0.1) is 11.8 Å². The van der Waals surface area contributed by atoms with Crippen LogP contribution in [0.5, 0.6) is 11.5 Å². The van der Waals surface area contributed by atoms with Gasteiger partial charge in [-0.15, -0.1) is 0 Å². The molecular weight excluding hydrogens is 318 g/mol. The van der Waals surface area contributed by atoms with Crippen molar-refractivity contribution in [1.82, 2.24) is 15.0 Å². The third kappa shape index (κ3) is 2.99. The minimum absolute atomic E-state index is 0.271. The molecule has 1 aliphatic carbocycles. The second-order valence-corrected chi connectivity index (χ2v) is 7.41. The minimum atomic E-state index is 0.271. The molecule has 2 aliphatic heterocycles. The lowest BCUT2D eigenvalue weighted by atomic mass is 9.75. The molecule has 6 heteroatoms. The fourth-order valence-electron chi connectivity index (χ4n) is 4.48. The lowest BCUT2D eigenvalue weighted by Gasteiger charge is -2.40. The standard InChI is InChI=1S/C19H23N3O3/c1-2-4-15-10-22(8-7-13(15)3-1)11-18-20-19(21-25-18)14-5-6-16-17(9-14)24-12-23-16/h5-6,9,13,15H,1-4,7-8,10-12H2/t13-,15-/m0/s1. The molecule has 1 saturated carbocycles. The summed E-state index contributed by atoms with van der Waals surface area (Å²) < 4.78 is 16.3. The van der Waals surface area contributed by atoms with Crippen molar-refractivity contribution in [2.75, 3.05) is 19.9 Å². The van der Waals surface area contributed by atoms with Crippen molar-refractivity contribution in [3.8, 4) is 22.9 Å². The van der Waals surface area contributed by atoms with Crippen LogP contribution < -0.4 is 9.47 Å². The highest BCUT2D eigenvalue weighted by atomic mass is 16.7. The van der Waals surface area contributed by atoms with Gasteiger partial charge in [-0.05, 0) is 49.4 Å². The predicted octanol–water partition coefficient (Wildman–Crippen LogP) is 3.48. The highest BCUT2D eigenvalue weighted by Gasteiger charge is 2.31. The van der Waals surface area contributed by atoms with E-state index in [1.807, 2.05) is 18.2 Å². The number of ether oxygens (including phenoxy) is 2. The van der Waals surface area contributed by atoms with Gasteiger partial charge in [0.1, 0.15) is 0 Å². The van der Waals surface area contributed by atoms with Crippen LogP contribution in [0.3, 0.4) is 0 Å². The van der Waals surface area contributed by atoms with Crippen LogP contribution in [0.25, 0.3) is 11.4 Å². The number of aromatic nitrogens is 2. The molecule has 0 bridgehead atoms. The smallest absolute Gasteiger partial charge is 0.241 e. The first-order chi connectivity index (χ1) is 12.3. The quantitative estimate of drug-likeness (QED) is 0.852. The van der Waals surface area contributed by atoms with Crippen molar-refractivity contribution >= 4 is 0 Å². The number of fused-ring (bicyclic) bond motifs is 2. The van der Waals surface area contributed by atoms with Gasteiger partial charge < -0.3 is 14.0 Å². The van der Waals surface area contributed by atoms with Gasteiger partial charge in [-0.1, -0.05) is 24.4 Å². The second-order valence-electron chi connectivity index (χ2n) is 7.41. The Bertz CT molecular complexity index is 760. The average molecular weight is 341 g/mol. The summed E-state index contributed by atoms with van der Waals surface area (Å²) in [5.74, 6) is 4.62. The van der Waals surface area contributed by atoms with Crippen molar-refractivity contribution in [3.63, 3.8) is 0 Å². The van der Waals surface area contributed by atoms with Crippen LogP contribution in [0.4, 0.5) is 0 Å². The van der Waals surface area contributed by atoms with Crippen LogP contribution in [-0.2, 0) is 6.54 Å². The molecular formula is C19H23N3O3. The van der Waals surface area contributed by atoms with Gasteiger partial charge in [-0.2, -0.15) is 4.98 Å². The van der Waals surface area contributed by atoms with E-state index in [2.05, 4.69) is 15.0 Å². The first-order valence-corrected chi connectivity index (χ1v) is 9.30. The van der Waals surface area contributed by atoms with Gasteiger partial charge in [0, 0.05) is 12.1 Å². The minimum Gasteiger partial charge on any atom is -0.454 e. The number of benzene rings is 1. The predicted molar refractivity (Wildman–Crippen MR) is 91.2 cm³/mol. The Kier molecular flexibility index (Phi) is 3.85. The molecule has 6 nitrogen and oxygen atoms in total. The van der Waals surface area contributed by atoms with E-state index in [1.54, 1.807) is 0 Å². The Morgan fingerprint density at radius 3 is 2.88 bits per heavy atom. The molecule has 1 aromatic heterocycles. The average Bonchev–Trinajstić information content (AvgIpc) is 3.30. The third-order valence-corrected chi connectivity index (χ3v) is 5.83. The van der Waals surface area contributed by atoms with E-state index >= 15 is 0 Å². The maximum atomic E-state index is 5.50. The monoisotopic (exact) mass is 341 g/mol. The largest absolute Gasteiger partial charge is 0.454 e. The molecule has 5 rings (SSSR count). The fourth-order valence-corrected chi connectivity index (χ4v) is 4.48. The van der Waals surface area contributed by atoms with Crippen LogP contribution in [0.15, 0.2) is 22.7 Å². The third-order valence-electron chi connectivity index (χ3n) is 5.83. The Labute approximate surface area is 147 Å². The molecule has 0 amide bonds. The second kappa shape index (κ2) is 6.33. The molecule has 1 saturated heterocycles. The summed E-state index contributed by atoms with van der Waals surface area (Å²) in [5, 5.41) is 4.15. The zero-order valence-corrected chi connectivity index (χ0v) is 14.3. The molecule has 2 fully saturated rings. The van der Waals surface area contributed by atoms with Crippen molar-refractivity contribution in [3.05, 3.63) is 24.1 Å². The molecule has 3 aliphatic rings. The van der Waals surface area contributed by atoms with E-state index < -0.39 is 0 Å². The first-order valence-electron chi connectivity index (χ1n) is 9.30. The normalized spacial score (nSPS) is 25.8.